The van der Waals surface area contributed by atoms with Gasteiger partial charge in [0.15, 0.2) is 0 Å². The molecule has 2 aliphatic rings. The molecule has 3 unspecified atom stereocenters. The van der Waals surface area contributed by atoms with Gasteiger partial charge in [-0.3, -0.25) is 4.79 Å². The Morgan fingerprint density at radius 2 is 2.33 bits per heavy atom. The Hall–Kier alpha value is -0.650. The molecule has 1 N–H and O–H groups in total. The highest BCUT2D eigenvalue weighted by Crippen LogP contribution is 2.21. The van der Waals surface area contributed by atoms with Crippen molar-refractivity contribution >= 4 is 5.91 Å². The smallest absolute Gasteiger partial charge is 0.229 e. The summed E-state index contributed by atoms with van der Waals surface area (Å²) in [6, 6.07) is 0.180. The molecule has 2 fully saturated rings. The van der Waals surface area contributed by atoms with E-state index in [-0.39, 0.29) is 24.0 Å². The van der Waals surface area contributed by atoms with Gasteiger partial charge in [-0.05, 0) is 19.4 Å². The number of hydrogen-bond acceptors (Lipinski definition) is 4. The standard InChI is InChI=1S/C13H24N2O3/c1-3-5-14-12-9-18-8-11(12)13(16)15-6-4-10(7-15)17-2/h10-12,14H,3-9H2,1-2H3. The number of carbonyl (C=O) groups is 1. The van der Waals surface area contributed by atoms with E-state index in [4.69, 9.17) is 9.47 Å². The molecule has 2 rings (SSSR count). The van der Waals surface area contributed by atoms with Crippen molar-refractivity contribution in [2.75, 3.05) is 40.0 Å². The third-order valence-electron chi connectivity index (χ3n) is 3.84. The van der Waals surface area contributed by atoms with Gasteiger partial charge in [0.25, 0.3) is 0 Å². The average Bonchev–Trinajstić information content (AvgIpc) is 3.04. The van der Waals surface area contributed by atoms with Crippen molar-refractivity contribution in [3.8, 4) is 0 Å². The van der Waals surface area contributed by atoms with Gasteiger partial charge >= 0.3 is 0 Å². The number of amides is 1. The normalized spacial score (nSPS) is 32.1. The highest BCUT2D eigenvalue weighted by atomic mass is 16.5. The lowest BCUT2D eigenvalue weighted by molar-refractivity contribution is -0.135. The summed E-state index contributed by atoms with van der Waals surface area (Å²) < 4.78 is 10.8. The minimum absolute atomic E-state index is 0.0212. The second-order valence-electron chi connectivity index (χ2n) is 5.14. The molecule has 0 aromatic heterocycles. The summed E-state index contributed by atoms with van der Waals surface area (Å²) in [5.41, 5.74) is 0. The van der Waals surface area contributed by atoms with Gasteiger partial charge in [-0.15, -0.1) is 0 Å². The van der Waals surface area contributed by atoms with Crippen LogP contribution >= 0.6 is 0 Å². The fourth-order valence-electron chi connectivity index (χ4n) is 2.68. The van der Waals surface area contributed by atoms with Crippen LogP contribution in [-0.2, 0) is 14.3 Å². The van der Waals surface area contributed by atoms with E-state index in [1.165, 1.54) is 0 Å². The molecular formula is C13H24N2O3. The first-order chi connectivity index (χ1) is 8.76. The number of likely N-dealkylation sites (tertiary alicyclic amines) is 1. The minimum atomic E-state index is -0.0212. The molecule has 1 amide bonds. The molecule has 104 valence electrons. The van der Waals surface area contributed by atoms with Gasteiger partial charge in [-0.25, -0.2) is 0 Å². The number of hydrogen-bond donors (Lipinski definition) is 1. The highest BCUT2D eigenvalue weighted by molar-refractivity contribution is 5.80. The van der Waals surface area contributed by atoms with Crippen LogP contribution in [0.15, 0.2) is 0 Å². The SMILES string of the molecule is CCCNC1COCC1C(=O)N1CCC(OC)C1. The van der Waals surface area contributed by atoms with Crippen LogP contribution in [0.25, 0.3) is 0 Å². The van der Waals surface area contributed by atoms with E-state index in [9.17, 15) is 4.79 Å². The first-order valence-electron chi connectivity index (χ1n) is 6.89. The van der Waals surface area contributed by atoms with E-state index in [1.54, 1.807) is 7.11 Å². The van der Waals surface area contributed by atoms with Crippen molar-refractivity contribution < 1.29 is 14.3 Å². The van der Waals surface area contributed by atoms with Crippen molar-refractivity contribution in [3.05, 3.63) is 0 Å². The molecule has 0 bridgehead atoms. The summed E-state index contributed by atoms with van der Waals surface area (Å²) >= 11 is 0. The third kappa shape index (κ3) is 3.02. The van der Waals surface area contributed by atoms with Crippen molar-refractivity contribution in [2.24, 2.45) is 5.92 Å². The monoisotopic (exact) mass is 256 g/mol. The van der Waals surface area contributed by atoms with Crippen LogP contribution in [-0.4, -0.2) is 62.9 Å². The predicted octanol–water partition coefficient (Wildman–Crippen LogP) is 0.248. The Morgan fingerprint density at radius 3 is 3.00 bits per heavy atom. The molecule has 0 spiro atoms. The molecule has 5 nitrogen and oxygen atoms in total. The summed E-state index contributed by atoms with van der Waals surface area (Å²) in [6.07, 6.45) is 2.23. The lowest BCUT2D eigenvalue weighted by atomic mass is 10.0. The fraction of sp³-hybridized carbons (Fsp3) is 0.923. The van der Waals surface area contributed by atoms with Crippen molar-refractivity contribution in [1.82, 2.24) is 10.2 Å². The second kappa shape index (κ2) is 6.50. The molecule has 2 saturated heterocycles. The summed E-state index contributed by atoms with van der Waals surface area (Å²) in [7, 11) is 1.71. The molecule has 18 heavy (non-hydrogen) atoms. The van der Waals surface area contributed by atoms with E-state index >= 15 is 0 Å². The maximum Gasteiger partial charge on any atom is 0.229 e. The quantitative estimate of drug-likeness (QED) is 0.766. The lowest BCUT2D eigenvalue weighted by Gasteiger charge is -2.24. The van der Waals surface area contributed by atoms with Crippen LogP contribution in [0, 0.1) is 5.92 Å². The van der Waals surface area contributed by atoms with Gasteiger partial charge in [-0.2, -0.15) is 0 Å². The zero-order valence-electron chi connectivity index (χ0n) is 11.4. The van der Waals surface area contributed by atoms with Crippen molar-refractivity contribution in [1.29, 1.82) is 0 Å². The number of methoxy groups -OCH3 is 1. The number of nitrogens with one attached hydrogen (secondary N) is 1. The zero-order valence-corrected chi connectivity index (χ0v) is 11.4. The number of rotatable bonds is 5. The maximum atomic E-state index is 12.4. The van der Waals surface area contributed by atoms with E-state index < -0.39 is 0 Å². The summed E-state index contributed by atoms with van der Waals surface area (Å²) in [4.78, 5) is 14.4. The topological polar surface area (TPSA) is 50.8 Å². The van der Waals surface area contributed by atoms with Crippen molar-refractivity contribution in [2.45, 2.75) is 31.9 Å². The van der Waals surface area contributed by atoms with Crippen LogP contribution < -0.4 is 5.32 Å². The number of nitrogens with zero attached hydrogens (tertiary/aromatic N) is 1. The Labute approximate surface area is 109 Å². The molecule has 0 aliphatic carbocycles. The molecule has 5 heteroatoms. The highest BCUT2D eigenvalue weighted by Gasteiger charge is 2.38. The Balaban J connectivity index is 1.87. The van der Waals surface area contributed by atoms with Gasteiger partial charge in [0.05, 0.1) is 25.2 Å². The average molecular weight is 256 g/mol. The first kappa shape index (κ1) is 13.8. The lowest BCUT2D eigenvalue weighted by Crippen LogP contribution is -2.45. The molecule has 2 heterocycles. The minimum Gasteiger partial charge on any atom is -0.380 e. The molecule has 0 aromatic carbocycles. The summed E-state index contributed by atoms with van der Waals surface area (Å²) in [6.45, 7) is 5.81. The van der Waals surface area contributed by atoms with Gasteiger partial charge in [-0.1, -0.05) is 6.92 Å². The molecule has 0 saturated carbocycles. The van der Waals surface area contributed by atoms with Crippen LogP contribution in [0.4, 0.5) is 0 Å². The molecule has 0 aromatic rings. The van der Waals surface area contributed by atoms with Crippen LogP contribution in [0.2, 0.25) is 0 Å². The van der Waals surface area contributed by atoms with E-state index in [0.717, 1.165) is 32.5 Å². The second-order valence-corrected chi connectivity index (χ2v) is 5.14. The maximum absolute atomic E-state index is 12.4. The van der Waals surface area contributed by atoms with Crippen LogP contribution in [0.3, 0.4) is 0 Å². The van der Waals surface area contributed by atoms with E-state index in [1.807, 2.05) is 4.90 Å². The summed E-state index contributed by atoms with van der Waals surface area (Å²) in [5, 5.41) is 3.41. The van der Waals surface area contributed by atoms with E-state index in [0.29, 0.717) is 13.2 Å². The molecule has 3 atom stereocenters. The first-order valence-corrected chi connectivity index (χ1v) is 6.89. The van der Waals surface area contributed by atoms with Gasteiger partial charge in [0.2, 0.25) is 5.91 Å². The van der Waals surface area contributed by atoms with Crippen LogP contribution in [0.1, 0.15) is 19.8 Å². The Bertz CT molecular complexity index is 285. The zero-order chi connectivity index (χ0) is 13.0. The van der Waals surface area contributed by atoms with Crippen LogP contribution in [0.5, 0.6) is 0 Å². The predicted molar refractivity (Wildman–Crippen MR) is 68.4 cm³/mol. The summed E-state index contributed by atoms with van der Waals surface area (Å²) in [5.74, 6) is 0.202. The van der Waals surface area contributed by atoms with Gasteiger partial charge in [0, 0.05) is 26.2 Å². The Kier molecular flexibility index (Phi) is 4.97. The Morgan fingerprint density at radius 1 is 1.50 bits per heavy atom. The molecule has 2 aliphatic heterocycles. The molecular weight excluding hydrogens is 232 g/mol. The van der Waals surface area contributed by atoms with Gasteiger partial charge < -0.3 is 19.7 Å². The third-order valence-corrected chi connectivity index (χ3v) is 3.84. The number of carbonyl (C=O) groups excluding carboxylic acids is 1. The molecule has 0 radical (unpaired) electrons. The van der Waals surface area contributed by atoms with E-state index in [2.05, 4.69) is 12.2 Å². The largest absolute Gasteiger partial charge is 0.380 e. The van der Waals surface area contributed by atoms with Gasteiger partial charge in [0.1, 0.15) is 0 Å². The number of ether oxygens (including phenoxy) is 2. The fourth-order valence-corrected chi connectivity index (χ4v) is 2.68. The van der Waals surface area contributed by atoms with Crippen molar-refractivity contribution in [3.63, 3.8) is 0 Å².